The maximum atomic E-state index is 12.6. The molecule has 1 aliphatic heterocycles. The number of rotatable bonds is 6. The fourth-order valence-electron chi connectivity index (χ4n) is 4.00. The Kier molecular flexibility index (Phi) is 6.14. The van der Waals surface area contributed by atoms with E-state index in [4.69, 9.17) is 4.74 Å². The van der Waals surface area contributed by atoms with Crippen LogP contribution in [-0.2, 0) is 4.74 Å². The molecule has 3 aromatic rings. The summed E-state index contributed by atoms with van der Waals surface area (Å²) in [6.07, 6.45) is 1.63. The van der Waals surface area contributed by atoms with Gasteiger partial charge in [-0.2, -0.15) is 0 Å². The van der Waals surface area contributed by atoms with Crippen LogP contribution in [0.2, 0.25) is 0 Å². The Morgan fingerprint density at radius 3 is 1.61 bits per heavy atom. The van der Waals surface area contributed by atoms with Gasteiger partial charge in [0.2, 0.25) is 0 Å². The number of carbonyl (C=O) groups excluding carboxylic acids is 1. The minimum Gasteiger partial charge on any atom is -0.450 e. The number of carbonyl (C=O) groups is 1. The number of hydrogen-bond acceptors (Lipinski definition) is 5. The van der Waals surface area contributed by atoms with Gasteiger partial charge in [0.25, 0.3) is 0 Å². The average Bonchev–Trinajstić information content (AvgIpc) is 3.12. The summed E-state index contributed by atoms with van der Waals surface area (Å²) >= 11 is 0. The number of nitrogens with zero attached hydrogens (tertiary/aromatic N) is 3. The Morgan fingerprint density at radius 2 is 1.15 bits per heavy atom. The second-order valence-corrected chi connectivity index (χ2v) is 8.95. The molecule has 1 unspecified atom stereocenters. The SMILES string of the molecule is CN(C)c1ccc(C(=CC2OC(=O)c3ccc(N(C)C)cc32)c2ccc(N(C)C)cc2)cc1. The van der Waals surface area contributed by atoms with Crippen LogP contribution in [0.1, 0.15) is 33.2 Å². The predicted octanol–water partition coefficient (Wildman–Crippen LogP) is 5.23. The van der Waals surface area contributed by atoms with Crippen molar-refractivity contribution in [3.63, 3.8) is 0 Å². The van der Waals surface area contributed by atoms with E-state index in [0.29, 0.717) is 5.56 Å². The summed E-state index contributed by atoms with van der Waals surface area (Å²) < 4.78 is 5.81. The minimum atomic E-state index is -0.440. The second kappa shape index (κ2) is 9.02. The summed E-state index contributed by atoms with van der Waals surface area (Å²) in [7, 11) is 12.1. The molecule has 3 aromatic carbocycles. The topological polar surface area (TPSA) is 36.0 Å². The zero-order valence-electron chi connectivity index (χ0n) is 20.2. The van der Waals surface area contributed by atoms with Gasteiger partial charge >= 0.3 is 5.97 Å². The molecular formula is C28H31N3O2. The van der Waals surface area contributed by atoms with Crippen LogP contribution >= 0.6 is 0 Å². The van der Waals surface area contributed by atoms with E-state index in [9.17, 15) is 4.79 Å². The quantitative estimate of drug-likeness (QED) is 0.490. The summed E-state index contributed by atoms with van der Waals surface area (Å²) in [5.74, 6) is -0.276. The molecule has 0 spiro atoms. The van der Waals surface area contributed by atoms with Gasteiger partial charge in [-0.25, -0.2) is 4.79 Å². The molecule has 1 heterocycles. The fourth-order valence-corrected chi connectivity index (χ4v) is 4.00. The number of esters is 1. The normalized spacial score (nSPS) is 14.4. The van der Waals surface area contributed by atoms with Gasteiger partial charge in [0, 0.05) is 64.9 Å². The first-order valence-corrected chi connectivity index (χ1v) is 11.0. The van der Waals surface area contributed by atoms with Crippen molar-refractivity contribution < 1.29 is 9.53 Å². The second-order valence-electron chi connectivity index (χ2n) is 8.95. The minimum absolute atomic E-state index is 0.276. The summed E-state index contributed by atoms with van der Waals surface area (Å²) in [6, 6.07) is 22.8. The standard InChI is InChI=1S/C28H31N3O2/c1-29(2)21-11-7-19(8-12-21)25(20-9-13-22(14-10-20)30(3)4)18-27-26-17-23(31(5)6)15-16-24(26)28(32)33-27/h7-18,27H,1-6H3. The van der Waals surface area contributed by atoms with Crippen molar-refractivity contribution in [1.82, 2.24) is 0 Å². The highest BCUT2D eigenvalue weighted by molar-refractivity contribution is 5.95. The lowest BCUT2D eigenvalue weighted by atomic mass is 9.93. The molecule has 1 atom stereocenters. The van der Waals surface area contributed by atoms with Crippen LogP contribution in [0.4, 0.5) is 17.1 Å². The van der Waals surface area contributed by atoms with E-state index in [-0.39, 0.29) is 5.97 Å². The highest BCUT2D eigenvalue weighted by Gasteiger charge is 2.30. The molecule has 0 saturated heterocycles. The van der Waals surface area contributed by atoms with Crippen molar-refractivity contribution in [3.05, 3.63) is 95.1 Å². The van der Waals surface area contributed by atoms with Crippen LogP contribution in [0, 0.1) is 0 Å². The van der Waals surface area contributed by atoms with Gasteiger partial charge in [-0.3, -0.25) is 0 Å². The Labute approximate surface area is 196 Å². The van der Waals surface area contributed by atoms with Gasteiger partial charge in [0.1, 0.15) is 6.10 Å². The maximum absolute atomic E-state index is 12.6. The first kappa shape index (κ1) is 22.5. The Morgan fingerprint density at radius 1 is 0.697 bits per heavy atom. The van der Waals surface area contributed by atoms with Crippen molar-refractivity contribution in [2.75, 3.05) is 57.0 Å². The largest absolute Gasteiger partial charge is 0.450 e. The molecule has 5 nitrogen and oxygen atoms in total. The molecule has 0 radical (unpaired) electrons. The molecule has 5 heteroatoms. The van der Waals surface area contributed by atoms with E-state index in [1.807, 2.05) is 65.4 Å². The lowest BCUT2D eigenvalue weighted by molar-refractivity contribution is 0.0468. The molecule has 0 fully saturated rings. The summed E-state index contributed by atoms with van der Waals surface area (Å²) in [5, 5.41) is 0. The average molecular weight is 442 g/mol. The Bertz CT molecular complexity index is 1120. The van der Waals surface area contributed by atoms with Gasteiger partial charge in [0.15, 0.2) is 0 Å². The molecule has 0 saturated carbocycles. The monoisotopic (exact) mass is 441 g/mol. The van der Waals surface area contributed by atoms with Gasteiger partial charge in [-0.1, -0.05) is 24.3 Å². The first-order valence-electron chi connectivity index (χ1n) is 11.0. The number of hydrogen-bond donors (Lipinski definition) is 0. The lowest BCUT2D eigenvalue weighted by Crippen LogP contribution is -2.09. The van der Waals surface area contributed by atoms with Crippen LogP contribution in [-0.4, -0.2) is 48.3 Å². The lowest BCUT2D eigenvalue weighted by Gasteiger charge is -2.18. The molecule has 0 bridgehead atoms. The van der Waals surface area contributed by atoms with Gasteiger partial charge < -0.3 is 19.4 Å². The molecule has 4 rings (SSSR count). The molecule has 170 valence electrons. The summed E-state index contributed by atoms with van der Waals surface area (Å²) in [4.78, 5) is 18.8. The number of benzene rings is 3. The molecular weight excluding hydrogens is 410 g/mol. The summed E-state index contributed by atoms with van der Waals surface area (Å²) in [6.45, 7) is 0. The van der Waals surface area contributed by atoms with Crippen LogP contribution < -0.4 is 14.7 Å². The third kappa shape index (κ3) is 4.58. The fraction of sp³-hybridized carbons (Fsp3) is 0.250. The molecule has 0 N–H and O–H groups in total. The van der Waals surface area contributed by atoms with Crippen LogP contribution in [0.25, 0.3) is 5.57 Å². The van der Waals surface area contributed by atoms with Crippen molar-refractivity contribution in [1.29, 1.82) is 0 Å². The van der Waals surface area contributed by atoms with Crippen LogP contribution in [0.3, 0.4) is 0 Å². The van der Waals surface area contributed by atoms with Crippen molar-refractivity contribution >= 4 is 28.6 Å². The van der Waals surface area contributed by atoms with Crippen molar-refractivity contribution in [3.8, 4) is 0 Å². The third-order valence-corrected chi connectivity index (χ3v) is 6.02. The van der Waals surface area contributed by atoms with Gasteiger partial charge in [0.05, 0.1) is 5.56 Å². The smallest absolute Gasteiger partial charge is 0.339 e. The Hall–Kier alpha value is -3.73. The predicted molar refractivity (Wildman–Crippen MR) is 138 cm³/mol. The first-order chi connectivity index (χ1) is 15.7. The molecule has 0 aromatic heterocycles. The summed E-state index contributed by atoms with van der Waals surface area (Å²) in [5.41, 5.74) is 8.02. The van der Waals surface area contributed by atoms with E-state index in [0.717, 1.165) is 39.3 Å². The van der Waals surface area contributed by atoms with E-state index in [1.54, 1.807) is 0 Å². The molecule has 0 amide bonds. The number of ether oxygens (including phenoxy) is 1. The molecule has 1 aliphatic rings. The van der Waals surface area contributed by atoms with Gasteiger partial charge in [-0.15, -0.1) is 0 Å². The third-order valence-electron chi connectivity index (χ3n) is 6.02. The van der Waals surface area contributed by atoms with E-state index in [1.165, 1.54) is 0 Å². The Balaban J connectivity index is 1.82. The zero-order chi connectivity index (χ0) is 23.7. The van der Waals surface area contributed by atoms with E-state index < -0.39 is 6.10 Å². The maximum Gasteiger partial charge on any atom is 0.339 e. The van der Waals surface area contributed by atoms with Gasteiger partial charge in [-0.05, 0) is 65.2 Å². The van der Waals surface area contributed by atoms with E-state index >= 15 is 0 Å². The number of anilines is 3. The number of cyclic esters (lactones) is 1. The van der Waals surface area contributed by atoms with Crippen molar-refractivity contribution in [2.24, 2.45) is 0 Å². The highest BCUT2D eigenvalue weighted by Crippen LogP contribution is 2.38. The van der Waals surface area contributed by atoms with Crippen molar-refractivity contribution in [2.45, 2.75) is 6.10 Å². The highest BCUT2D eigenvalue weighted by atomic mass is 16.5. The molecule has 0 aliphatic carbocycles. The van der Waals surface area contributed by atoms with Crippen LogP contribution in [0.5, 0.6) is 0 Å². The zero-order valence-corrected chi connectivity index (χ0v) is 20.2. The van der Waals surface area contributed by atoms with Crippen LogP contribution in [0.15, 0.2) is 72.8 Å². The number of fused-ring (bicyclic) bond motifs is 1. The molecule has 33 heavy (non-hydrogen) atoms. The van der Waals surface area contributed by atoms with E-state index in [2.05, 4.69) is 64.4 Å².